The van der Waals surface area contributed by atoms with Gasteiger partial charge in [0.15, 0.2) is 0 Å². The van der Waals surface area contributed by atoms with Crippen LogP contribution < -0.4 is 14.5 Å². The van der Waals surface area contributed by atoms with E-state index < -0.39 is 11.6 Å². The van der Waals surface area contributed by atoms with E-state index in [2.05, 4.69) is 242 Å². The molecule has 0 radical (unpaired) electrons. The second-order valence-corrected chi connectivity index (χ2v) is 24.1. The minimum absolute atomic E-state index is 0. The molecular weight excluding hydrogens is 1190 g/mol. The van der Waals surface area contributed by atoms with Gasteiger partial charge in [-0.1, -0.05) is 178 Å². The summed E-state index contributed by atoms with van der Waals surface area (Å²) in [6.45, 7) is 24.2. The predicted octanol–water partition coefficient (Wildman–Crippen LogP) is 20.8. The van der Waals surface area contributed by atoms with E-state index in [-0.39, 0.29) is 43.7 Å². The quantitative estimate of drug-likeness (QED) is 0.121. The summed E-state index contributed by atoms with van der Waals surface area (Å²) in [4.78, 5) is 9.25. The van der Waals surface area contributed by atoms with Crippen molar-refractivity contribution in [1.29, 1.82) is 0 Å². The monoisotopic (exact) mass is 1260 g/mol. The Morgan fingerprint density at radius 3 is 1.70 bits per heavy atom. The van der Waals surface area contributed by atoms with Crippen molar-refractivity contribution in [2.24, 2.45) is 0 Å². The van der Waals surface area contributed by atoms with Crippen LogP contribution in [0.15, 0.2) is 194 Å². The van der Waals surface area contributed by atoms with E-state index >= 15 is 8.78 Å². The van der Waals surface area contributed by atoms with Crippen molar-refractivity contribution < 1.29 is 34.6 Å². The molecule has 2 aromatic heterocycles. The van der Waals surface area contributed by atoms with Crippen LogP contribution in [-0.2, 0) is 31.9 Å². The van der Waals surface area contributed by atoms with Gasteiger partial charge in [0, 0.05) is 78.5 Å². The molecule has 0 spiro atoms. The van der Waals surface area contributed by atoms with E-state index in [1.807, 2.05) is 36.5 Å². The molecule has 0 bridgehead atoms. The second kappa shape index (κ2) is 22.0. The summed E-state index contributed by atoms with van der Waals surface area (Å²) in [6, 6.07) is 70.7. The topological polar surface area (TPSA) is 33.5 Å². The molecule has 0 amide bonds. The number of benzene rings is 9. The number of hydrogen-bond donors (Lipinski definition) is 0. The summed E-state index contributed by atoms with van der Waals surface area (Å²) in [5.74, 6) is 1.03. The number of aromatic nitrogens is 2. The van der Waals surface area contributed by atoms with Crippen LogP contribution in [0.5, 0.6) is 11.5 Å². The third-order valence-corrected chi connectivity index (χ3v) is 15.7. The summed E-state index contributed by atoms with van der Waals surface area (Å²) in [5, 5.41) is 2.13. The molecule has 0 fully saturated rings. The van der Waals surface area contributed by atoms with Crippen LogP contribution in [0.1, 0.15) is 103 Å². The summed E-state index contributed by atoms with van der Waals surface area (Å²) >= 11 is 0. The molecule has 12 rings (SSSR count). The first-order valence-electron chi connectivity index (χ1n) is 28.0. The van der Waals surface area contributed by atoms with Gasteiger partial charge in [-0.3, -0.25) is 0 Å². The Morgan fingerprint density at radius 1 is 0.488 bits per heavy atom. The number of para-hydroxylation sites is 3. The standard InChI is InChI=1S/C74H65F2N4O.Pt/c1-46(2)51-32-52(47(3)4)34-54(33-51)65-39-57(74(8,9)10)40-66(55-35-58(75)42-59(76)36-55)72(65)79-45-78(68-22-16-17-23-69(68)79)60-37-53(50-26-24-49(25-27-50)48-18-12-11-13-19-48)38-62(43-60)81-61-28-29-64-63-20-14-15-21-67(63)80(70(64)44-61)71-41-56(30-31-77-71)73(5,6)7;/h11-42,45-47H,1-10H3;/q-3;. The van der Waals surface area contributed by atoms with E-state index in [0.717, 1.165) is 95.4 Å². The number of rotatable bonds is 11. The largest absolute Gasteiger partial charge is 0.509 e. The Kier molecular flexibility index (Phi) is 15.0. The average Bonchev–Trinajstić information content (AvgIpc) is 4.17. The van der Waals surface area contributed by atoms with Crippen LogP contribution in [0.2, 0.25) is 0 Å². The Morgan fingerprint density at radius 2 is 1.06 bits per heavy atom. The first kappa shape index (κ1) is 55.8. The Labute approximate surface area is 496 Å². The van der Waals surface area contributed by atoms with Gasteiger partial charge in [-0.05, 0) is 133 Å². The molecule has 1 aliphatic rings. The molecule has 82 heavy (non-hydrogen) atoms. The summed E-state index contributed by atoms with van der Waals surface area (Å²) in [6.07, 6.45) is 1.89. The van der Waals surface area contributed by atoms with Crippen LogP contribution in [0.4, 0.5) is 31.5 Å². The van der Waals surface area contributed by atoms with Crippen LogP contribution in [0.25, 0.3) is 72.1 Å². The zero-order chi connectivity index (χ0) is 56.5. The molecule has 3 heterocycles. The number of hydrogen-bond acceptors (Lipinski definition) is 4. The van der Waals surface area contributed by atoms with E-state index in [1.165, 1.54) is 28.8 Å². The zero-order valence-corrected chi connectivity index (χ0v) is 50.2. The minimum Gasteiger partial charge on any atom is -0.509 e. The van der Waals surface area contributed by atoms with Gasteiger partial charge in [-0.2, -0.15) is 6.07 Å². The van der Waals surface area contributed by atoms with Gasteiger partial charge in [0.2, 0.25) is 0 Å². The second-order valence-electron chi connectivity index (χ2n) is 24.1. The maximum Gasteiger partial charge on any atom is 0.135 e. The average molecular weight is 1260 g/mol. The van der Waals surface area contributed by atoms with Crippen molar-refractivity contribution in [2.45, 2.75) is 91.9 Å². The zero-order valence-electron chi connectivity index (χ0n) is 48.0. The van der Waals surface area contributed by atoms with Gasteiger partial charge < -0.3 is 19.1 Å². The van der Waals surface area contributed by atoms with Gasteiger partial charge in [0.1, 0.15) is 17.5 Å². The van der Waals surface area contributed by atoms with Crippen LogP contribution in [0, 0.1) is 30.4 Å². The smallest absolute Gasteiger partial charge is 0.135 e. The molecule has 0 aliphatic carbocycles. The fourth-order valence-electron chi connectivity index (χ4n) is 11.1. The van der Waals surface area contributed by atoms with Gasteiger partial charge in [-0.15, -0.1) is 53.6 Å². The summed E-state index contributed by atoms with van der Waals surface area (Å²) in [5.41, 5.74) is 16.7. The molecule has 8 heteroatoms. The molecule has 9 aromatic carbocycles. The van der Waals surface area contributed by atoms with Crippen molar-refractivity contribution in [3.63, 3.8) is 0 Å². The molecule has 0 saturated carbocycles. The number of nitrogens with zero attached hydrogens (tertiary/aromatic N) is 4. The number of ether oxygens (including phenoxy) is 1. The Balaban J connectivity index is 0.00000705. The molecule has 0 N–H and O–H groups in total. The van der Waals surface area contributed by atoms with Gasteiger partial charge in [-0.25, -0.2) is 13.8 Å². The minimum atomic E-state index is -0.644. The number of fused-ring (bicyclic) bond motifs is 4. The maximum absolute atomic E-state index is 15.7. The Bertz CT molecular complexity index is 4140. The van der Waals surface area contributed by atoms with E-state index in [9.17, 15) is 0 Å². The fourth-order valence-corrected chi connectivity index (χ4v) is 11.1. The molecule has 414 valence electrons. The number of pyridine rings is 1. The van der Waals surface area contributed by atoms with Crippen molar-refractivity contribution >= 4 is 44.6 Å². The fraction of sp³-hybridized carbons (Fsp3) is 0.189. The van der Waals surface area contributed by atoms with Crippen LogP contribution in [0.3, 0.4) is 0 Å². The molecular formula is C74H65F2N4OPt-3. The first-order chi connectivity index (χ1) is 38.8. The molecule has 0 unspecified atom stereocenters. The predicted molar refractivity (Wildman–Crippen MR) is 331 cm³/mol. The number of halogens is 2. The normalized spacial score (nSPS) is 12.7. The van der Waals surface area contributed by atoms with Crippen molar-refractivity contribution in [2.75, 3.05) is 9.80 Å². The van der Waals surface area contributed by atoms with Gasteiger partial charge in [0.25, 0.3) is 0 Å². The third-order valence-electron chi connectivity index (χ3n) is 15.7. The SMILES string of the molecule is CC(C)c1cc(-c2cc(C(C)(C)C)cc(-c3cc(F)cc(F)c3)c2N2[CH-]N(c3[c-]c(Oc4[c-]c5c(cc4)c4ccccc4n5-c4cc(C(C)(C)C)ccn4)cc(-c4ccc(-c5ccccc5)cc4)c3)c3ccccc32)cc(C(C)C)c1.[Pt]. The third kappa shape index (κ3) is 10.8. The van der Waals surface area contributed by atoms with Crippen LogP contribution in [-0.4, -0.2) is 9.55 Å². The van der Waals surface area contributed by atoms with Crippen molar-refractivity contribution in [3.8, 4) is 61.8 Å². The molecule has 0 saturated heterocycles. The van der Waals surface area contributed by atoms with Crippen LogP contribution >= 0.6 is 0 Å². The van der Waals surface area contributed by atoms with E-state index in [1.54, 1.807) is 0 Å². The van der Waals surface area contributed by atoms with Crippen molar-refractivity contribution in [1.82, 2.24) is 9.55 Å². The molecule has 11 aromatic rings. The van der Waals surface area contributed by atoms with E-state index in [4.69, 9.17) is 9.72 Å². The van der Waals surface area contributed by atoms with Gasteiger partial charge >= 0.3 is 0 Å². The summed E-state index contributed by atoms with van der Waals surface area (Å²) < 4.78 is 40.5. The molecule has 0 atom stereocenters. The molecule has 5 nitrogen and oxygen atoms in total. The first-order valence-corrected chi connectivity index (χ1v) is 28.0. The van der Waals surface area contributed by atoms with Crippen molar-refractivity contribution in [3.05, 3.63) is 247 Å². The molecule has 1 aliphatic heterocycles. The number of anilines is 4. The maximum atomic E-state index is 15.7. The van der Waals surface area contributed by atoms with Gasteiger partial charge in [0.05, 0.1) is 0 Å². The Hall–Kier alpha value is -8.12. The van der Waals surface area contributed by atoms with E-state index in [0.29, 0.717) is 22.6 Å². The summed E-state index contributed by atoms with van der Waals surface area (Å²) in [7, 11) is 0.